The van der Waals surface area contributed by atoms with Gasteiger partial charge >= 0.3 is 0 Å². The summed E-state index contributed by atoms with van der Waals surface area (Å²) in [5.41, 5.74) is -0.0314. The second-order valence-electron chi connectivity index (χ2n) is 3.21. The number of benzene rings is 1. The fourth-order valence-electron chi connectivity index (χ4n) is 1.41. The largest absolute Gasteiger partial charge is 0.493 e. The molecule has 0 bridgehead atoms. The molecule has 0 aliphatic heterocycles. The highest BCUT2D eigenvalue weighted by Crippen LogP contribution is 2.36. The van der Waals surface area contributed by atoms with Crippen LogP contribution in [0.4, 0.5) is 4.39 Å². The summed E-state index contributed by atoms with van der Waals surface area (Å²) in [4.78, 5) is 7.50. The average molecular weight is 252 g/mol. The molecule has 2 rings (SSSR count). The molecule has 1 aromatic carbocycles. The zero-order valence-electron chi connectivity index (χ0n) is 8.88. The van der Waals surface area contributed by atoms with Crippen molar-refractivity contribution in [3.63, 3.8) is 0 Å². The molecule has 0 atom stereocenters. The molecular weight excluding hydrogens is 243 g/mol. The Balaban J connectivity index is 2.64. The lowest BCUT2D eigenvalue weighted by molar-refractivity contribution is 0.414. The highest BCUT2D eigenvalue weighted by molar-refractivity contribution is 7.98. The maximum atomic E-state index is 13.5. The standard InChI is InChI=1S/C11H9FN2O2S/c1-17-11-13-9(15)8(10(16)14-11)6-4-2-3-5-7(6)12/h2-5H,1H3,(H2,13,14,15,16). The van der Waals surface area contributed by atoms with Crippen molar-refractivity contribution >= 4 is 11.8 Å². The number of hydrogen-bond acceptors (Lipinski definition) is 5. The van der Waals surface area contributed by atoms with E-state index in [4.69, 9.17) is 0 Å². The van der Waals surface area contributed by atoms with Crippen LogP contribution in [0.5, 0.6) is 11.8 Å². The Morgan fingerprint density at radius 3 is 2.24 bits per heavy atom. The predicted octanol–water partition coefficient (Wildman–Crippen LogP) is 2.42. The van der Waals surface area contributed by atoms with Crippen LogP contribution in [-0.2, 0) is 0 Å². The quantitative estimate of drug-likeness (QED) is 0.634. The fraction of sp³-hybridized carbons (Fsp3) is 0.0909. The number of aromatic nitrogens is 2. The molecule has 17 heavy (non-hydrogen) atoms. The van der Waals surface area contributed by atoms with Crippen LogP contribution in [0.1, 0.15) is 0 Å². The molecule has 2 aromatic rings. The third kappa shape index (κ3) is 2.16. The summed E-state index contributed by atoms with van der Waals surface area (Å²) in [7, 11) is 0. The molecular formula is C11H9FN2O2S. The molecule has 0 saturated carbocycles. The van der Waals surface area contributed by atoms with Crippen LogP contribution in [0, 0.1) is 5.82 Å². The van der Waals surface area contributed by atoms with Gasteiger partial charge in [0.15, 0.2) is 5.16 Å². The van der Waals surface area contributed by atoms with Crippen LogP contribution in [-0.4, -0.2) is 26.4 Å². The van der Waals surface area contributed by atoms with Gasteiger partial charge in [0, 0.05) is 5.56 Å². The average Bonchev–Trinajstić information content (AvgIpc) is 2.30. The van der Waals surface area contributed by atoms with E-state index in [1.165, 1.54) is 30.0 Å². The first-order valence-electron chi connectivity index (χ1n) is 4.72. The van der Waals surface area contributed by atoms with E-state index in [0.717, 1.165) is 0 Å². The van der Waals surface area contributed by atoms with Gasteiger partial charge in [-0.1, -0.05) is 30.0 Å². The molecule has 1 aromatic heterocycles. The molecule has 0 unspecified atom stereocenters. The summed E-state index contributed by atoms with van der Waals surface area (Å²) in [6.07, 6.45) is 1.71. The lowest BCUT2D eigenvalue weighted by Gasteiger charge is -2.07. The van der Waals surface area contributed by atoms with Crippen molar-refractivity contribution in [2.45, 2.75) is 5.16 Å². The van der Waals surface area contributed by atoms with Gasteiger partial charge in [0.05, 0.1) is 0 Å². The maximum Gasteiger partial charge on any atom is 0.227 e. The van der Waals surface area contributed by atoms with Gasteiger partial charge in [0.1, 0.15) is 11.4 Å². The van der Waals surface area contributed by atoms with E-state index in [1.807, 2.05) is 0 Å². The fourth-order valence-corrected chi connectivity index (χ4v) is 1.77. The van der Waals surface area contributed by atoms with Crippen molar-refractivity contribution in [2.75, 3.05) is 6.26 Å². The number of thioether (sulfide) groups is 1. The van der Waals surface area contributed by atoms with Gasteiger partial charge in [0.25, 0.3) is 0 Å². The molecule has 0 aliphatic rings. The third-order valence-corrected chi connectivity index (χ3v) is 2.72. The number of nitrogens with zero attached hydrogens (tertiary/aromatic N) is 2. The summed E-state index contributed by atoms with van der Waals surface area (Å²) in [6, 6.07) is 5.78. The minimum absolute atomic E-state index is 0.0650. The minimum atomic E-state index is -0.557. The van der Waals surface area contributed by atoms with Crippen molar-refractivity contribution < 1.29 is 14.6 Å². The van der Waals surface area contributed by atoms with Crippen molar-refractivity contribution in [1.29, 1.82) is 0 Å². The zero-order chi connectivity index (χ0) is 12.4. The van der Waals surface area contributed by atoms with Crippen LogP contribution in [0.2, 0.25) is 0 Å². The summed E-state index contributed by atoms with van der Waals surface area (Å²) >= 11 is 1.17. The van der Waals surface area contributed by atoms with Crippen molar-refractivity contribution in [1.82, 2.24) is 9.97 Å². The molecule has 0 fully saturated rings. The normalized spacial score (nSPS) is 10.5. The van der Waals surface area contributed by atoms with E-state index >= 15 is 0 Å². The van der Waals surface area contributed by atoms with Gasteiger partial charge in [-0.3, -0.25) is 0 Å². The Kier molecular flexibility index (Phi) is 3.14. The van der Waals surface area contributed by atoms with E-state index in [2.05, 4.69) is 9.97 Å². The number of rotatable bonds is 2. The first-order valence-corrected chi connectivity index (χ1v) is 5.95. The molecule has 4 nitrogen and oxygen atoms in total. The van der Waals surface area contributed by atoms with Gasteiger partial charge in [-0.05, 0) is 12.3 Å². The second kappa shape index (κ2) is 4.58. The monoisotopic (exact) mass is 252 g/mol. The first kappa shape index (κ1) is 11.7. The third-order valence-electron chi connectivity index (χ3n) is 2.18. The van der Waals surface area contributed by atoms with Crippen LogP contribution in [0.15, 0.2) is 29.4 Å². The highest BCUT2D eigenvalue weighted by atomic mass is 32.2. The van der Waals surface area contributed by atoms with Crippen molar-refractivity contribution in [3.05, 3.63) is 30.1 Å². The zero-order valence-corrected chi connectivity index (χ0v) is 9.70. The molecule has 0 spiro atoms. The van der Waals surface area contributed by atoms with Gasteiger partial charge in [0.2, 0.25) is 11.8 Å². The number of aromatic hydroxyl groups is 2. The van der Waals surface area contributed by atoms with Gasteiger partial charge in [-0.2, -0.15) is 9.97 Å². The Labute approximate surface area is 101 Å². The summed E-state index contributed by atoms with van der Waals surface area (Å²) in [5, 5.41) is 19.6. The van der Waals surface area contributed by atoms with Gasteiger partial charge < -0.3 is 10.2 Å². The molecule has 2 N–H and O–H groups in total. The number of halogens is 1. The SMILES string of the molecule is CSc1nc(O)c(-c2ccccc2F)c(O)n1. The highest BCUT2D eigenvalue weighted by Gasteiger charge is 2.17. The minimum Gasteiger partial charge on any atom is -0.493 e. The molecule has 1 heterocycles. The van der Waals surface area contributed by atoms with E-state index in [1.54, 1.807) is 12.3 Å². The Bertz CT molecular complexity index is 540. The van der Waals surface area contributed by atoms with Gasteiger partial charge in [-0.25, -0.2) is 4.39 Å². The van der Waals surface area contributed by atoms with E-state index in [9.17, 15) is 14.6 Å². The molecule has 0 saturated heterocycles. The molecule has 0 amide bonds. The Hall–Kier alpha value is -1.82. The van der Waals surface area contributed by atoms with Crippen LogP contribution >= 0.6 is 11.8 Å². The first-order chi connectivity index (χ1) is 8.13. The molecule has 0 radical (unpaired) electrons. The van der Waals surface area contributed by atoms with Crippen molar-refractivity contribution in [3.8, 4) is 22.9 Å². The predicted molar refractivity (Wildman–Crippen MR) is 62.5 cm³/mol. The lowest BCUT2D eigenvalue weighted by atomic mass is 10.1. The van der Waals surface area contributed by atoms with E-state index in [-0.39, 0.29) is 16.3 Å². The maximum absolute atomic E-state index is 13.5. The molecule has 6 heteroatoms. The van der Waals surface area contributed by atoms with Gasteiger partial charge in [-0.15, -0.1) is 0 Å². The smallest absolute Gasteiger partial charge is 0.227 e. The summed E-state index contributed by atoms with van der Waals surface area (Å²) in [6.45, 7) is 0. The van der Waals surface area contributed by atoms with Crippen molar-refractivity contribution in [2.24, 2.45) is 0 Å². The lowest BCUT2D eigenvalue weighted by Crippen LogP contribution is -1.93. The molecule has 88 valence electrons. The molecule has 0 aliphatic carbocycles. The second-order valence-corrected chi connectivity index (χ2v) is 3.99. The summed E-state index contributed by atoms with van der Waals surface area (Å²) < 4.78 is 13.5. The van der Waals surface area contributed by atoms with Crippen LogP contribution in [0.3, 0.4) is 0 Å². The van der Waals surface area contributed by atoms with Crippen LogP contribution in [0.25, 0.3) is 11.1 Å². The van der Waals surface area contributed by atoms with E-state index in [0.29, 0.717) is 0 Å². The topological polar surface area (TPSA) is 66.2 Å². The number of hydrogen-bond donors (Lipinski definition) is 2. The Morgan fingerprint density at radius 1 is 1.12 bits per heavy atom. The summed E-state index contributed by atoms with van der Waals surface area (Å²) in [5.74, 6) is -1.43. The van der Waals surface area contributed by atoms with Crippen LogP contribution < -0.4 is 0 Å². The van der Waals surface area contributed by atoms with E-state index < -0.39 is 17.6 Å². The Morgan fingerprint density at radius 2 is 1.71 bits per heavy atom.